The molecule has 9 heteroatoms. The summed E-state index contributed by atoms with van der Waals surface area (Å²) in [6.45, 7) is 6.78. The molecule has 0 bridgehead atoms. The van der Waals surface area contributed by atoms with E-state index in [0.29, 0.717) is 51.0 Å². The zero-order valence-electron chi connectivity index (χ0n) is 17.3. The van der Waals surface area contributed by atoms with Crippen LogP contribution >= 0.6 is 11.6 Å². The summed E-state index contributed by atoms with van der Waals surface area (Å²) in [5.41, 5.74) is 0.835. The van der Waals surface area contributed by atoms with Gasteiger partial charge in [-0.1, -0.05) is 23.7 Å². The van der Waals surface area contributed by atoms with Gasteiger partial charge in [-0.15, -0.1) is 0 Å². The summed E-state index contributed by atoms with van der Waals surface area (Å²) in [4.78, 5) is 42.7. The van der Waals surface area contributed by atoms with Crippen molar-refractivity contribution in [1.29, 1.82) is 0 Å². The van der Waals surface area contributed by atoms with E-state index in [1.807, 2.05) is 17.0 Å². The molecule has 1 N–H and O–H groups in total. The van der Waals surface area contributed by atoms with Gasteiger partial charge in [0.1, 0.15) is 0 Å². The Hall–Kier alpha value is -2.16. The minimum Gasteiger partial charge on any atom is -0.379 e. The topological polar surface area (TPSA) is 82.2 Å². The van der Waals surface area contributed by atoms with Crippen molar-refractivity contribution >= 4 is 29.3 Å². The van der Waals surface area contributed by atoms with Gasteiger partial charge in [-0.25, -0.2) is 0 Å². The van der Waals surface area contributed by atoms with Gasteiger partial charge in [-0.2, -0.15) is 0 Å². The summed E-state index contributed by atoms with van der Waals surface area (Å²) >= 11 is 5.95. The number of nitrogens with zero attached hydrogens (tertiary/aromatic N) is 3. The molecule has 2 aliphatic heterocycles. The van der Waals surface area contributed by atoms with Crippen LogP contribution in [0.1, 0.15) is 24.9 Å². The summed E-state index contributed by atoms with van der Waals surface area (Å²) < 4.78 is 5.32. The van der Waals surface area contributed by atoms with Crippen molar-refractivity contribution in [2.24, 2.45) is 0 Å². The van der Waals surface area contributed by atoms with Crippen LogP contribution in [0.15, 0.2) is 24.3 Å². The minimum absolute atomic E-state index is 0.0380. The third kappa shape index (κ3) is 6.42. The van der Waals surface area contributed by atoms with Crippen LogP contribution in [0.3, 0.4) is 0 Å². The van der Waals surface area contributed by atoms with Crippen LogP contribution in [0, 0.1) is 0 Å². The third-order valence-corrected chi connectivity index (χ3v) is 5.73. The van der Waals surface area contributed by atoms with Gasteiger partial charge in [0.25, 0.3) is 0 Å². The van der Waals surface area contributed by atoms with Crippen molar-refractivity contribution < 1.29 is 19.1 Å². The van der Waals surface area contributed by atoms with Crippen molar-refractivity contribution in [3.8, 4) is 0 Å². The molecule has 3 rings (SSSR count). The van der Waals surface area contributed by atoms with Crippen LogP contribution in [0.5, 0.6) is 0 Å². The van der Waals surface area contributed by atoms with Crippen molar-refractivity contribution in [2.75, 3.05) is 59.0 Å². The number of carbonyl (C=O) groups is 3. The molecule has 2 aliphatic rings. The van der Waals surface area contributed by atoms with Crippen LogP contribution in [-0.4, -0.2) is 91.4 Å². The molecule has 8 nitrogen and oxygen atoms in total. The zero-order chi connectivity index (χ0) is 21.5. The molecule has 1 unspecified atom stereocenters. The number of carbonyl (C=O) groups excluding carboxylic acids is 3. The average Bonchev–Trinajstić information content (AvgIpc) is 2.74. The number of halogens is 1. The second kappa shape index (κ2) is 10.7. The van der Waals surface area contributed by atoms with Gasteiger partial charge in [0, 0.05) is 51.2 Å². The molecule has 0 aliphatic carbocycles. The molecule has 1 aromatic rings. The standard InChI is InChI=1S/C21H29ClN4O4/c1-16(27)23-19(17-2-4-18(22)5-3-17)14-20(28)25-6-8-26(9-7-25)21(29)15-24-10-12-30-13-11-24/h2-5,19H,6-15H2,1H3,(H,23,27). The van der Waals surface area contributed by atoms with Crippen LogP contribution in [-0.2, 0) is 19.1 Å². The second-order valence-electron chi connectivity index (χ2n) is 7.66. The summed E-state index contributed by atoms with van der Waals surface area (Å²) in [7, 11) is 0. The molecule has 0 aromatic heterocycles. The smallest absolute Gasteiger partial charge is 0.236 e. The van der Waals surface area contributed by atoms with Gasteiger partial charge in [0.05, 0.1) is 32.2 Å². The number of benzene rings is 1. The molecule has 0 radical (unpaired) electrons. The number of nitrogens with one attached hydrogen (secondary N) is 1. The van der Waals surface area contributed by atoms with Crippen molar-refractivity contribution in [3.63, 3.8) is 0 Å². The molecule has 2 fully saturated rings. The lowest BCUT2D eigenvalue weighted by Crippen LogP contribution is -2.53. The fraction of sp³-hybridized carbons (Fsp3) is 0.571. The Balaban J connectivity index is 1.51. The molecule has 0 saturated carbocycles. The molecular formula is C21H29ClN4O4. The third-order valence-electron chi connectivity index (χ3n) is 5.48. The Bertz CT molecular complexity index is 744. The number of hydrogen-bond acceptors (Lipinski definition) is 5. The van der Waals surface area contributed by atoms with E-state index in [0.717, 1.165) is 18.7 Å². The van der Waals surface area contributed by atoms with E-state index in [1.165, 1.54) is 6.92 Å². The molecule has 0 spiro atoms. The molecule has 2 saturated heterocycles. The largest absolute Gasteiger partial charge is 0.379 e. The Morgan fingerprint density at radius 1 is 0.967 bits per heavy atom. The molecular weight excluding hydrogens is 408 g/mol. The lowest BCUT2D eigenvalue weighted by atomic mass is 10.0. The first-order valence-electron chi connectivity index (χ1n) is 10.3. The summed E-state index contributed by atoms with van der Waals surface area (Å²) in [6, 6.07) is 6.72. The minimum atomic E-state index is -0.409. The fourth-order valence-corrected chi connectivity index (χ4v) is 3.88. The number of rotatable bonds is 6. The Labute approximate surface area is 182 Å². The summed E-state index contributed by atoms with van der Waals surface area (Å²) in [5.74, 6) is -0.133. The highest BCUT2D eigenvalue weighted by molar-refractivity contribution is 6.30. The Morgan fingerprint density at radius 3 is 2.10 bits per heavy atom. The SMILES string of the molecule is CC(=O)NC(CC(=O)N1CCN(C(=O)CN2CCOCC2)CC1)c1ccc(Cl)cc1. The highest BCUT2D eigenvalue weighted by Crippen LogP contribution is 2.21. The monoisotopic (exact) mass is 436 g/mol. The quantitative estimate of drug-likeness (QED) is 0.716. The maximum atomic E-state index is 12.8. The van der Waals surface area contributed by atoms with Crippen molar-refractivity contribution in [2.45, 2.75) is 19.4 Å². The molecule has 2 heterocycles. The van der Waals surface area contributed by atoms with E-state index < -0.39 is 6.04 Å². The van der Waals surface area contributed by atoms with Crippen LogP contribution in [0.2, 0.25) is 5.02 Å². The van der Waals surface area contributed by atoms with E-state index in [1.54, 1.807) is 17.0 Å². The van der Waals surface area contributed by atoms with Crippen molar-refractivity contribution in [1.82, 2.24) is 20.0 Å². The summed E-state index contributed by atoms with van der Waals surface area (Å²) in [5, 5.41) is 3.45. The predicted molar refractivity (Wildman–Crippen MR) is 113 cm³/mol. The maximum Gasteiger partial charge on any atom is 0.236 e. The number of ether oxygens (including phenoxy) is 1. The van der Waals surface area contributed by atoms with Gasteiger partial charge < -0.3 is 19.9 Å². The lowest BCUT2D eigenvalue weighted by molar-refractivity contribution is -0.141. The van der Waals surface area contributed by atoms with Gasteiger partial charge >= 0.3 is 0 Å². The predicted octanol–water partition coefficient (Wildman–Crippen LogP) is 0.910. The first-order valence-corrected chi connectivity index (χ1v) is 10.7. The first-order chi connectivity index (χ1) is 14.4. The molecule has 1 aromatic carbocycles. The van der Waals surface area contributed by atoms with E-state index >= 15 is 0 Å². The second-order valence-corrected chi connectivity index (χ2v) is 8.10. The molecule has 3 amide bonds. The van der Waals surface area contributed by atoms with Crippen LogP contribution in [0.4, 0.5) is 0 Å². The molecule has 30 heavy (non-hydrogen) atoms. The Kier molecular flexibility index (Phi) is 8.07. The highest BCUT2D eigenvalue weighted by Gasteiger charge is 2.27. The maximum absolute atomic E-state index is 12.8. The van der Waals surface area contributed by atoms with Crippen molar-refractivity contribution in [3.05, 3.63) is 34.9 Å². The fourth-order valence-electron chi connectivity index (χ4n) is 3.75. The first kappa shape index (κ1) is 22.5. The van der Waals surface area contributed by atoms with Gasteiger partial charge in [0.15, 0.2) is 0 Å². The van der Waals surface area contributed by atoms with E-state index in [9.17, 15) is 14.4 Å². The Morgan fingerprint density at radius 2 is 1.53 bits per heavy atom. The molecule has 1 atom stereocenters. The number of morpholine rings is 1. The van der Waals surface area contributed by atoms with Crippen LogP contribution in [0.25, 0.3) is 0 Å². The number of amides is 3. The van der Waals surface area contributed by atoms with E-state index in [2.05, 4.69) is 10.2 Å². The summed E-state index contributed by atoms with van der Waals surface area (Å²) in [6.07, 6.45) is 0.170. The van der Waals surface area contributed by atoms with Gasteiger partial charge in [-0.05, 0) is 17.7 Å². The highest BCUT2D eigenvalue weighted by atomic mass is 35.5. The van der Waals surface area contributed by atoms with E-state index in [4.69, 9.17) is 16.3 Å². The lowest BCUT2D eigenvalue weighted by Gasteiger charge is -2.37. The van der Waals surface area contributed by atoms with E-state index in [-0.39, 0.29) is 24.1 Å². The van der Waals surface area contributed by atoms with Crippen LogP contribution < -0.4 is 5.32 Å². The van der Waals surface area contributed by atoms with Gasteiger partial charge in [-0.3, -0.25) is 19.3 Å². The number of hydrogen-bond donors (Lipinski definition) is 1. The number of piperazine rings is 1. The molecule has 164 valence electrons. The zero-order valence-corrected chi connectivity index (χ0v) is 18.1. The van der Waals surface area contributed by atoms with Gasteiger partial charge in [0.2, 0.25) is 17.7 Å². The normalized spacial score (nSPS) is 18.7. The average molecular weight is 437 g/mol.